The molecule has 2 aromatic rings. The molecule has 0 bridgehead atoms. The van der Waals surface area contributed by atoms with Gasteiger partial charge in [-0.15, -0.1) is 0 Å². The van der Waals surface area contributed by atoms with Crippen LogP contribution in [0, 0.1) is 0 Å². The van der Waals surface area contributed by atoms with E-state index in [4.69, 9.17) is 4.42 Å². The monoisotopic (exact) mass is 327 g/mol. The Labute approximate surface area is 140 Å². The molecule has 2 aliphatic heterocycles. The highest BCUT2D eigenvalue weighted by Crippen LogP contribution is 2.22. The average molecular weight is 327 g/mol. The van der Waals surface area contributed by atoms with Crippen molar-refractivity contribution in [2.75, 3.05) is 41.4 Å². The van der Waals surface area contributed by atoms with Crippen LogP contribution in [0.2, 0.25) is 0 Å². The van der Waals surface area contributed by atoms with Gasteiger partial charge in [-0.2, -0.15) is 20.1 Å². The number of hydrazone groups is 1. The van der Waals surface area contributed by atoms with Crippen molar-refractivity contribution in [2.45, 2.75) is 25.7 Å². The summed E-state index contributed by atoms with van der Waals surface area (Å²) in [5, 5.41) is 4.16. The fourth-order valence-electron chi connectivity index (χ4n) is 3.04. The van der Waals surface area contributed by atoms with Crippen LogP contribution in [0.5, 0.6) is 0 Å². The standard InChI is InChI=1S/C16H21N7O/c1-2-8-22(7-1)15-18-14(21-17-12-13-6-5-11-24-13)19-16(20-15)23-9-3-4-10-23/h5-6,11-12H,1-4,7-10H2,(H,18,19,20,21)/b17-12-. The third-order valence-corrected chi connectivity index (χ3v) is 4.29. The lowest BCUT2D eigenvalue weighted by atomic mass is 10.4. The molecule has 2 fully saturated rings. The van der Waals surface area contributed by atoms with Crippen molar-refractivity contribution >= 4 is 24.1 Å². The third-order valence-electron chi connectivity index (χ3n) is 4.29. The van der Waals surface area contributed by atoms with Crippen LogP contribution < -0.4 is 15.2 Å². The molecule has 2 aromatic heterocycles. The van der Waals surface area contributed by atoms with Crippen molar-refractivity contribution < 1.29 is 4.42 Å². The molecule has 2 saturated heterocycles. The van der Waals surface area contributed by atoms with Gasteiger partial charge in [0.25, 0.3) is 0 Å². The zero-order valence-electron chi connectivity index (χ0n) is 13.6. The van der Waals surface area contributed by atoms with Crippen molar-refractivity contribution in [1.82, 2.24) is 15.0 Å². The highest BCUT2D eigenvalue weighted by atomic mass is 16.3. The second-order valence-electron chi connectivity index (χ2n) is 6.03. The summed E-state index contributed by atoms with van der Waals surface area (Å²) in [6.07, 6.45) is 7.96. The molecule has 126 valence electrons. The molecule has 0 spiro atoms. The van der Waals surface area contributed by atoms with E-state index in [1.165, 1.54) is 25.7 Å². The Kier molecular flexibility index (Phi) is 4.26. The van der Waals surface area contributed by atoms with Crippen LogP contribution in [0.3, 0.4) is 0 Å². The fourth-order valence-corrected chi connectivity index (χ4v) is 3.04. The fraction of sp³-hybridized carbons (Fsp3) is 0.500. The minimum Gasteiger partial charge on any atom is -0.463 e. The predicted molar refractivity (Wildman–Crippen MR) is 92.6 cm³/mol. The Balaban J connectivity index is 1.56. The SMILES string of the molecule is C(=N/Nc1nc(N2CCCC2)nc(N2CCCC2)n1)/c1ccco1. The first-order valence-electron chi connectivity index (χ1n) is 8.47. The van der Waals surface area contributed by atoms with Crippen molar-refractivity contribution in [3.8, 4) is 0 Å². The molecule has 0 amide bonds. The summed E-state index contributed by atoms with van der Waals surface area (Å²) in [5.74, 6) is 2.62. The molecule has 4 heterocycles. The molecule has 0 aliphatic carbocycles. The van der Waals surface area contributed by atoms with Gasteiger partial charge in [0.2, 0.25) is 17.8 Å². The summed E-state index contributed by atoms with van der Waals surface area (Å²) in [6.45, 7) is 3.99. The van der Waals surface area contributed by atoms with E-state index in [0.717, 1.165) is 38.1 Å². The maximum Gasteiger partial charge on any atom is 0.250 e. The molecule has 0 atom stereocenters. The lowest BCUT2D eigenvalue weighted by molar-refractivity contribution is 0.560. The largest absolute Gasteiger partial charge is 0.463 e. The van der Waals surface area contributed by atoms with E-state index < -0.39 is 0 Å². The number of furan rings is 1. The summed E-state index contributed by atoms with van der Waals surface area (Å²) in [7, 11) is 0. The highest BCUT2D eigenvalue weighted by Gasteiger charge is 2.21. The minimum absolute atomic E-state index is 0.469. The van der Waals surface area contributed by atoms with Gasteiger partial charge < -0.3 is 14.2 Å². The smallest absolute Gasteiger partial charge is 0.250 e. The van der Waals surface area contributed by atoms with Crippen LogP contribution in [0.25, 0.3) is 0 Å². The van der Waals surface area contributed by atoms with Gasteiger partial charge in [-0.25, -0.2) is 5.43 Å². The predicted octanol–water partition coefficient (Wildman–Crippen LogP) is 2.11. The summed E-state index contributed by atoms with van der Waals surface area (Å²) in [4.78, 5) is 18.2. The van der Waals surface area contributed by atoms with E-state index in [9.17, 15) is 0 Å². The quantitative estimate of drug-likeness (QED) is 0.665. The molecule has 0 saturated carbocycles. The zero-order valence-corrected chi connectivity index (χ0v) is 13.6. The van der Waals surface area contributed by atoms with E-state index in [2.05, 4.69) is 35.3 Å². The van der Waals surface area contributed by atoms with Crippen molar-refractivity contribution in [3.05, 3.63) is 24.2 Å². The van der Waals surface area contributed by atoms with Crippen molar-refractivity contribution in [3.63, 3.8) is 0 Å². The molecule has 2 aliphatic rings. The van der Waals surface area contributed by atoms with Gasteiger partial charge in [0, 0.05) is 26.2 Å². The molecular formula is C16H21N7O. The Bertz CT molecular complexity index is 654. The number of nitrogens with zero attached hydrogens (tertiary/aromatic N) is 6. The Morgan fingerprint density at radius 1 is 0.958 bits per heavy atom. The van der Waals surface area contributed by atoms with Crippen LogP contribution in [0.15, 0.2) is 27.9 Å². The molecule has 8 nitrogen and oxygen atoms in total. The van der Waals surface area contributed by atoms with Gasteiger partial charge in [-0.05, 0) is 37.8 Å². The lowest BCUT2D eigenvalue weighted by Gasteiger charge is -2.20. The van der Waals surface area contributed by atoms with Crippen LogP contribution in [-0.2, 0) is 0 Å². The van der Waals surface area contributed by atoms with Crippen LogP contribution in [0.1, 0.15) is 31.4 Å². The highest BCUT2D eigenvalue weighted by molar-refractivity contribution is 5.76. The van der Waals surface area contributed by atoms with Gasteiger partial charge >= 0.3 is 0 Å². The second kappa shape index (κ2) is 6.86. The lowest BCUT2D eigenvalue weighted by Crippen LogP contribution is -2.25. The maximum atomic E-state index is 5.22. The number of aromatic nitrogens is 3. The first-order chi connectivity index (χ1) is 11.9. The van der Waals surface area contributed by atoms with E-state index >= 15 is 0 Å². The molecule has 0 aromatic carbocycles. The van der Waals surface area contributed by atoms with E-state index in [0.29, 0.717) is 11.7 Å². The average Bonchev–Trinajstić information content (AvgIpc) is 3.35. The van der Waals surface area contributed by atoms with Gasteiger partial charge in [-0.1, -0.05) is 0 Å². The van der Waals surface area contributed by atoms with Crippen molar-refractivity contribution in [1.29, 1.82) is 0 Å². The van der Waals surface area contributed by atoms with Gasteiger partial charge in [0.15, 0.2) is 0 Å². The molecule has 0 unspecified atom stereocenters. The van der Waals surface area contributed by atoms with E-state index in [1.807, 2.05) is 12.1 Å². The molecule has 24 heavy (non-hydrogen) atoms. The van der Waals surface area contributed by atoms with Crippen molar-refractivity contribution in [2.24, 2.45) is 5.10 Å². The first kappa shape index (κ1) is 14.9. The maximum absolute atomic E-state index is 5.22. The zero-order chi connectivity index (χ0) is 16.2. The summed E-state index contributed by atoms with van der Waals surface area (Å²) >= 11 is 0. The first-order valence-corrected chi connectivity index (χ1v) is 8.47. The van der Waals surface area contributed by atoms with Crippen LogP contribution in [-0.4, -0.2) is 47.3 Å². The molecule has 4 rings (SSSR count). The number of nitrogens with one attached hydrogen (secondary N) is 1. The third kappa shape index (κ3) is 3.32. The number of hydrogen-bond acceptors (Lipinski definition) is 8. The normalized spacial score (nSPS) is 18.0. The second-order valence-corrected chi connectivity index (χ2v) is 6.03. The minimum atomic E-state index is 0.469. The number of anilines is 3. The molecular weight excluding hydrogens is 306 g/mol. The van der Waals surface area contributed by atoms with Crippen LogP contribution >= 0.6 is 0 Å². The number of rotatable bonds is 5. The molecule has 1 N–H and O–H groups in total. The summed E-state index contributed by atoms with van der Waals surface area (Å²) in [6, 6.07) is 3.66. The van der Waals surface area contributed by atoms with E-state index in [-0.39, 0.29) is 0 Å². The summed E-state index contributed by atoms with van der Waals surface area (Å²) < 4.78 is 5.22. The Hall–Kier alpha value is -2.64. The summed E-state index contributed by atoms with van der Waals surface area (Å²) in [5.41, 5.74) is 2.90. The van der Waals surface area contributed by atoms with Gasteiger partial charge in [-0.3, -0.25) is 0 Å². The Morgan fingerprint density at radius 2 is 1.58 bits per heavy atom. The van der Waals surface area contributed by atoms with Gasteiger partial charge in [0.1, 0.15) is 5.76 Å². The van der Waals surface area contributed by atoms with Gasteiger partial charge in [0.05, 0.1) is 12.5 Å². The molecule has 8 heteroatoms. The molecule has 0 radical (unpaired) electrons. The Morgan fingerprint density at radius 3 is 2.12 bits per heavy atom. The van der Waals surface area contributed by atoms with E-state index in [1.54, 1.807) is 12.5 Å². The number of hydrogen-bond donors (Lipinski definition) is 1. The van der Waals surface area contributed by atoms with Crippen LogP contribution in [0.4, 0.5) is 17.8 Å². The topological polar surface area (TPSA) is 82.7 Å².